The Labute approximate surface area is 253 Å². The maximum atomic E-state index is 13.5. The van der Waals surface area contributed by atoms with Gasteiger partial charge >= 0.3 is 0 Å². The van der Waals surface area contributed by atoms with E-state index in [4.69, 9.17) is 0 Å². The maximum absolute atomic E-state index is 13.5. The Morgan fingerprint density at radius 3 is 1.70 bits per heavy atom. The molecular formula is C35H41F2N3O3. The first-order chi connectivity index (χ1) is 20.5. The van der Waals surface area contributed by atoms with Crippen LogP contribution in [0.25, 0.3) is 0 Å². The van der Waals surface area contributed by atoms with Crippen molar-refractivity contribution >= 4 is 17.7 Å². The Hall–Kier alpha value is -4.07. The van der Waals surface area contributed by atoms with E-state index < -0.39 is 0 Å². The summed E-state index contributed by atoms with van der Waals surface area (Å²) in [4.78, 5) is 41.6. The van der Waals surface area contributed by atoms with Crippen LogP contribution in [0, 0.1) is 11.6 Å². The Balaban J connectivity index is 1.19. The summed E-state index contributed by atoms with van der Waals surface area (Å²) in [6, 6.07) is 20.2. The molecule has 0 radical (unpaired) electrons. The highest BCUT2D eigenvalue weighted by atomic mass is 19.1. The number of unbranched alkanes of at least 4 members (excludes halogenated alkanes) is 1. The van der Waals surface area contributed by atoms with Crippen molar-refractivity contribution in [3.8, 4) is 0 Å². The van der Waals surface area contributed by atoms with E-state index in [1.54, 1.807) is 46.2 Å². The predicted octanol–water partition coefficient (Wildman–Crippen LogP) is 6.06. The van der Waals surface area contributed by atoms with Gasteiger partial charge in [-0.3, -0.25) is 14.4 Å². The minimum absolute atomic E-state index is 0.00601. The molecule has 1 heterocycles. The largest absolute Gasteiger partial charge is 0.343 e. The zero-order valence-electron chi connectivity index (χ0n) is 25.2. The lowest BCUT2D eigenvalue weighted by atomic mass is 9.87. The highest BCUT2D eigenvalue weighted by Gasteiger charge is 2.24. The third-order valence-electron chi connectivity index (χ3n) is 8.08. The monoisotopic (exact) mass is 589 g/mol. The molecule has 1 fully saturated rings. The zero-order chi connectivity index (χ0) is 31.0. The standard InChI is InChI=1S/C35H41F2N3O3/c1-35(2,3)28-14-8-27(9-15-28)34(43)38-24-33(42)40-22-20-39(21-23-40)32(41)7-5-4-6-31(25-10-16-29(36)17-11-25)26-12-18-30(37)19-13-26/h8-19,31H,4-7,20-24H2,1-3H3,(H,38,43). The lowest BCUT2D eigenvalue weighted by molar-refractivity contribution is -0.139. The molecule has 6 nitrogen and oxygen atoms in total. The van der Waals surface area contributed by atoms with Crippen LogP contribution in [0.1, 0.15) is 79.4 Å². The summed E-state index contributed by atoms with van der Waals surface area (Å²) >= 11 is 0. The minimum atomic E-state index is -0.305. The van der Waals surface area contributed by atoms with E-state index in [0.717, 1.165) is 29.5 Å². The molecule has 228 valence electrons. The summed E-state index contributed by atoms with van der Waals surface area (Å²) in [5.74, 6) is -1.03. The van der Waals surface area contributed by atoms with Crippen molar-refractivity contribution in [1.82, 2.24) is 15.1 Å². The molecule has 1 aliphatic rings. The van der Waals surface area contributed by atoms with Gasteiger partial charge in [0, 0.05) is 44.1 Å². The van der Waals surface area contributed by atoms with E-state index in [0.29, 0.717) is 44.6 Å². The van der Waals surface area contributed by atoms with E-state index in [9.17, 15) is 23.2 Å². The summed E-state index contributed by atoms with van der Waals surface area (Å²) in [7, 11) is 0. The van der Waals surface area contributed by atoms with Crippen molar-refractivity contribution in [2.45, 2.75) is 57.8 Å². The van der Waals surface area contributed by atoms with Crippen LogP contribution >= 0.6 is 0 Å². The fourth-order valence-corrected chi connectivity index (χ4v) is 5.40. The average molecular weight is 590 g/mol. The Morgan fingerprint density at radius 1 is 0.721 bits per heavy atom. The summed E-state index contributed by atoms with van der Waals surface area (Å²) in [5.41, 5.74) is 3.54. The third kappa shape index (κ3) is 8.96. The molecule has 43 heavy (non-hydrogen) atoms. The number of hydrogen-bond donors (Lipinski definition) is 1. The van der Waals surface area contributed by atoms with Crippen LogP contribution in [0.4, 0.5) is 8.78 Å². The topological polar surface area (TPSA) is 69.7 Å². The van der Waals surface area contributed by atoms with Gasteiger partial charge in [0.15, 0.2) is 0 Å². The molecule has 0 atom stereocenters. The SMILES string of the molecule is CC(C)(C)c1ccc(C(=O)NCC(=O)N2CCN(C(=O)CCCCC(c3ccc(F)cc3)c3ccc(F)cc3)CC2)cc1. The second kappa shape index (κ2) is 14.4. The lowest BCUT2D eigenvalue weighted by Crippen LogP contribution is -2.52. The predicted molar refractivity (Wildman–Crippen MR) is 164 cm³/mol. The summed E-state index contributed by atoms with van der Waals surface area (Å²) < 4.78 is 27.0. The number of rotatable bonds is 10. The van der Waals surface area contributed by atoms with Crippen LogP contribution in [0.15, 0.2) is 72.8 Å². The van der Waals surface area contributed by atoms with Gasteiger partial charge in [-0.25, -0.2) is 8.78 Å². The number of amides is 3. The van der Waals surface area contributed by atoms with Gasteiger partial charge in [0.2, 0.25) is 11.8 Å². The second-order valence-corrected chi connectivity index (χ2v) is 12.2. The van der Waals surface area contributed by atoms with Crippen molar-refractivity contribution in [2.75, 3.05) is 32.7 Å². The molecule has 0 aliphatic carbocycles. The van der Waals surface area contributed by atoms with Gasteiger partial charge < -0.3 is 15.1 Å². The first-order valence-electron chi connectivity index (χ1n) is 15.0. The van der Waals surface area contributed by atoms with E-state index in [-0.39, 0.29) is 47.2 Å². The van der Waals surface area contributed by atoms with Crippen LogP contribution in [0.5, 0.6) is 0 Å². The molecule has 8 heteroatoms. The van der Waals surface area contributed by atoms with Crippen molar-refractivity contribution in [3.05, 3.63) is 107 Å². The fourth-order valence-electron chi connectivity index (χ4n) is 5.40. The molecule has 0 saturated carbocycles. The minimum Gasteiger partial charge on any atom is -0.343 e. The van der Waals surface area contributed by atoms with Gasteiger partial charge in [-0.2, -0.15) is 0 Å². The first-order valence-corrected chi connectivity index (χ1v) is 15.0. The molecule has 3 amide bonds. The van der Waals surface area contributed by atoms with E-state index in [1.807, 2.05) is 12.1 Å². The molecule has 0 unspecified atom stereocenters. The Morgan fingerprint density at radius 2 is 1.21 bits per heavy atom. The molecule has 1 N–H and O–H groups in total. The van der Waals surface area contributed by atoms with E-state index in [2.05, 4.69) is 26.1 Å². The molecule has 3 aromatic rings. The third-order valence-corrected chi connectivity index (χ3v) is 8.08. The molecule has 1 saturated heterocycles. The average Bonchev–Trinajstić information content (AvgIpc) is 3.00. The van der Waals surface area contributed by atoms with Gasteiger partial charge in [0.1, 0.15) is 11.6 Å². The molecule has 4 rings (SSSR count). The molecule has 0 aromatic heterocycles. The van der Waals surface area contributed by atoms with Gasteiger partial charge in [0.25, 0.3) is 5.91 Å². The molecule has 3 aromatic carbocycles. The molecule has 1 aliphatic heterocycles. The summed E-state index contributed by atoms with van der Waals surface area (Å²) in [6.07, 6.45) is 2.62. The van der Waals surface area contributed by atoms with Crippen LogP contribution in [-0.4, -0.2) is 60.2 Å². The van der Waals surface area contributed by atoms with Crippen LogP contribution in [0.3, 0.4) is 0 Å². The quantitative estimate of drug-likeness (QED) is 0.293. The number of nitrogens with one attached hydrogen (secondary N) is 1. The second-order valence-electron chi connectivity index (χ2n) is 12.2. The Kier molecular flexibility index (Phi) is 10.7. The van der Waals surface area contributed by atoms with Crippen LogP contribution in [-0.2, 0) is 15.0 Å². The molecule has 0 spiro atoms. The summed E-state index contributed by atoms with van der Waals surface area (Å²) in [5, 5.41) is 2.71. The fraction of sp³-hybridized carbons (Fsp3) is 0.400. The van der Waals surface area contributed by atoms with Crippen molar-refractivity contribution < 1.29 is 23.2 Å². The van der Waals surface area contributed by atoms with Gasteiger partial charge in [-0.05, 0) is 71.3 Å². The van der Waals surface area contributed by atoms with Crippen molar-refractivity contribution in [3.63, 3.8) is 0 Å². The smallest absolute Gasteiger partial charge is 0.251 e. The number of carbonyl (C=O) groups excluding carboxylic acids is 3. The van der Waals surface area contributed by atoms with Crippen LogP contribution < -0.4 is 5.32 Å². The highest BCUT2D eigenvalue weighted by molar-refractivity contribution is 5.96. The number of benzene rings is 3. The van der Waals surface area contributed by atoms with Gasteiger partial charge in [-0.1, -0.05) is 63.6 Å². The highest BCUT2D eigenvalue weighted by Crippen LogP contribution is 2.30. The maximum Gasteiger partial charge on any atom is 0.251 e. The van der Waals surface area contributed by atoms with Crippen molar-refractivity contribution in [1.29, 1.82) is 0 Å². The number of hydrogen-bond acceptors (Lipinski definition) is 3. The number of piperazine rings is 1. The molecule has 0 bridgehead atoms. The van der Waals surface area contributed by atoms with Gasteiger partial charge in [0.05, 0.1) is 6.54 Å². The number of nitrogens with zero attached hydrogens (tertiary/aromatic N) is 2. The van der Waals surface area contributed by atoms with Crippen molar-refractivity contribution in [2.24, 2.45) is 0 Å². The number of carbonyl (C=O) groups is 3. The van der Waals surface area contributed by atoms with Crippen LogP contribution in [0.2, 0.25) is 0 Å². The first kappa shape index (κ1) is 31.9. The van der Waals surface area contributed by atoms with E-state index >= 15 is 0 Å². The van der Waals surface area contributed by atoms with E-state index in [1.165, 1.54) is 24.3 Å². The number of halogens is 2. The lowest BCUT2D eigenvalue weighted by Gasteiger charge is -2.35. The van der Waals surface area contributed by atoms with Gasteiger partial charge in [-0.15, -0.1) is 0 Å². The molecular weight excluding hydrogens is 548 g/mol. The summed E-state index contributed by atoms with van der Waals surface area (Å²) in [6.45, 7) is 8.02. The zero-order valence-corrected chi connectivity index (χ0v) is 25.2. The normalized spacial score (nSPS) is 13.7. The Bertz CT molecular complexity index is 1330.